The Labute approximate surface area is 189 Å². The summed E-state index contributed by atoms with van der Waals surface area (Å²) in [5.41, 5.74) is 3.31. The second-order valence-electron chi connectivity index (χ2n) is 7.80. The fourth-order valence-corrected chi connectivity index (χ4v) is 3.79. The fourth-order valence-electron chi connectivity index (χ4n) is 3.79. The SMILES string of the molecule is CO[C@@H]1O[C@H](COCc2ccccc2)[C@@H](OCc2ccccc2)[C@@H]1OCc1ccccc1. The molecule has 0 unspecified atom stereocenters. The Morgan fingerprint density at radius 1 is 0.625 bits per heavy atom. The summed E-state index contributed by atoms with van der Waals surface area (Å²) >= 11 is 0. The molecule has 1 aliphatic heterocycles. The normalized spacial score (nSPS) is 22.8. The first-order valence-electron chi connectivity index (χ1n) is 10.9. The molecule has 0 aromatic heterocycles. The van der Waals surface area contributed by atoms with E-state index in [0.29, 0.717) is 26.4 Å². The van der Waals surface area contributed by atoms with Crippen LogP contribution in [0.3, 0.4) is 0 Å². The zero-order valence-electron chi connectivity index (χ0n) is 18.3. The minimum Gasteiger partial charge on any atom is -0.374 e. The smallest absolute Gasteiger partial charge is 0.186 e. The van der Waals surface area contributed by atoms with E-state index in [0.717, 1.165) is 16.7 Å². The van der Waals surface area contributed by atoms with Crippen LogP contribution in [0.15, 0.2) is 91.0 Å². The highest BCUT2D eigenvalue weighted by atomic mass is 16.7. The van der Waals surface area contributed by atoms with Crippen LogP contribution in [-0.4, -0.2) is 38.3 Å². The zero-order chi connectivity index (χ0) is 22.0. The topological polar surface area (TPSA) is 46.2 Å². The Morgan fingerprint density at radius 3 is 1.59 bits per heavy atom. The van der Waals surface area contributed by atoms with Crippen molar-refractivity contribution in [2.75, 3.05) is 13.7 Å². The molecule has 32 heavy (non-hydrogen) atoms. The average molecular weight is 435 g/mol. The van der Waals surface area contributed by atoms with Crippen molar-refractivity contribution in [3.63, 3.8) is 0 Å². The van der Waals surface area contributed by atoms with Gasteiger partial charge in [0.2, 0.25) is 0 Å². The van der Waals surface area contributed by atoms with E-state index < -0.39 is 6.29 Å². The van der Waals surface area contributed by atoms with Gasteiger partial charge in [-0.25, -0.2) is 0 Å². The van der Waals surface area contributed by atoms with Crippen molar-refractivity contribution in [2.24, 2.45) is 0 Å². The Morgan fingerprint density at radius 2 is 1.09 bits per heavy atom. The fraction of sp³-hybridized carbons (Fsp3) is 0.333. The quantitative estimate of drug-likeness (QED) is 0.436. The summed E-state index contributed by atoms with van der Waals surface area (Å²) in [4.78, 5) is 0. The maximum atomic E-state index is 6.33. The van der Waals surface area contributed by atoms with Gasteiger partial charge in [-0.1, -0.05) is 91.0 Å². The molecule has 5 heteroatoms. The highest BCUT2D eigenvalue weighted by Gasteiger charge is 2.46. The molecule has 168 valence electrons. The Bertz CT molecular complexity index is 903. The third-order valence-electron chi connectivity index (χ3n) is 5.46. The lowest BCUT2D eigenvalue weighted by molar-refractivity contribution is -0.170. The first-order chi connectivity index (χ1) is 15.8. The summed E-state index contributed by atoms with van der Waals surface area (Å²) in [6.45, 7) is 1.82. The summed E-state index contributed by atoms with van der Waals surface area (Å²) in [5, 5.41) is 0. The molecular formula is C27H30O5. The molecule has 0 bridgehead atoms. The van der Waals surface area contributed by atoms with E-state index in [4.69, 9.17) is 23.7 Å². The summed E-state index contributed by atoms with van der Waals surface area (Å²) in [7, 11) is 1.63. The van der Waals surface area contributed by atoms with Crippen molar-refractivity contribution in [1.29, 1.82) is 0 Å². The molecule has 1 aliphatic rings. The lowest BCUT2D eigenvalue weighted by Gasteiger charge is -2.24. The highest BCUT2D eigenvalue weighted by molar-refractivity contribution is 5.15. The molecule has 0 N–H and O–H groups in total. The number of methoxy groups -OCH3 is 1. The van der Waals surface area contributed by atoms with Gasteiger partial charge in [0.1, 0.15) is 18.3 Å². The van der Waals surface area contributed by atoms with E-state index in [1.54, 1.807) is 7.11 Å². The van der Waals surface area contributed by atoms with Gasteiger partial charge in [-0.15, -0.1) is 0 Å². The van der Waals surface area contributed by atoms with E-state index in [-0.39, 0.29) is 18.3 Å². The van der Waals surface area contributed by atoms with E-state index in [1.165, 1.54) is 0 Å². The lowest BCUT2D eigenvalue weighted by Crippen LogP contribution is -2.39. The molecule has 3 aromatic rings. The van der Waals surface area contributed by atoms with Crippen LogP contribution in [0.4, 0.5) is 0 Å². The van der Waals surface area contributed by atoms with Crippen LogP contribution in [0.2, 0.25) is 0 Å². The van der Waals surface area contributed by atoms with Crippen LogP contribution in [0, 0.1) is 0 Å². The third kappa shape index (κ3) is 6.25. The summed E-state index contributed by atoms with van der Waals surface area (Å²) in [5.74, 6) is 0. The molecule has 1 saturated heterocycles. The van der Waals surface area contributed by atoms with Crippen LogP contribution in [0.1, 0.15) is 16.7 Å². The van der Waals surface area contributed by atoms with E-state index in [9.17, 15) is 0 Å². The molecule has 4 rings (SSSR count). The summed E-state index contributed by atoms with van der Waals surface area (Å²) < 4.78 is 30.3. The Kier molecular flexibility index (Phi) is 8.42. The van der Waals surface area contributed by atoms with Crippen LogP contribution in [-0.2, 0) is 43.5 Å². The lowest BCUT2D eigenvalue weighted by atomic mass is 10.1. The molecule has 5 nitrogen and oxygen atoms in total. The molecule has 0 radical (unpaired) electrons. The summed E-state index contributed by atoms with van der Waals surface area (Å²) in [6, 6.07) is 30.3. The second kappa shape index (κ2) is 11.9. The van der Waals surface area contributed by atoms with Gasteiger partial charge in [0.05, 0.1) is 26.4 Å². The zero-order valence-corrected chi connectivity index (χ0v) is 18.3. The molecule has 0 amide bonds. The van der Waals surface area contributed by atoms with Gasteiger partial charge in [-0.2, -0.15) is 0 Å². The molecule has 1 fully saturated rings. The van der Waals surface area contributed by atoms with E-state index in [1.807, 2.05) is 91.0 Å². The first-order valence-corrected chi connectivity index (χ1v) is 10.9. The van der Waals surface area contributed by atoms with Gasteiger partial charge in [0.15, 0.2) is 6.29 Å². The molecule has 0 aliphatic carbocycles. The van der Waals surface area contributed by atoms with Crippen molar-refractivity contribution in [1.82, 2.24) is 0 Å². The minimum atomic E-state index is -0.523. The molecule has 3 aromatic carbocycles. The maximum Gasteiger partial charge on any atom is 0.186 e. The van der Waals surface area contributed by atoms with Crippen molar-refractivity contribution >= 4 is 0 Å². The van der Waals surface area contributed by atoms with Gasteiger partial charge in [0.25, 0.3) is 0 Å². The van der Waals surface area contributed by atoms with E-state index in [2.05, 4.69) is 0 Å². The first kappa shape index (κ1) is 22.6. The molecule has 0 saturated carbocycles. The van der Waals surface area contributed by atoms with Crippen LogP contribution in [0.25, 0.3) is 0 Å². The van der Waals surface area contributed by atoms with Crippen molar-refractivity contribution in [3.05, 3.63) is 108 Å². The second-order valence-corrected chi connectivity index (χ2v) is 7.80. The molecule has 1 heterocycles. The third-order valence-corrected chi connectivity index (χ3v) is 5.46. The number of hydrogen-bond acceptors (Lipinski definition) is 5. The average Bonchev–Trinajstić information content (AvgIpc) is 3.19. The van der Waals surface area contributed by atoms with Gasteiger partial charge < -0.3 is 23.7 Å². The van der Waals surface area contributed by atoms with Crippen LogP contribution >= 0.6 is 0 Å². The van der Waals surface area contributed by atoms with Gasteiger partial charge in [-0.05, 0) is 16.7 Å². The van der Waals surface area contributed by atoms with Gasteiger partial charge in [0, 0.05) is 7.11 Å². The Hall–Kier alpha value is -2.54. The standard InChI is InChI=1S/C27H30O5/c1-28-27-26(31-19-23-15-9-4-10-16-23)25(30-18-22-13-7-3-8-14-22)24(32-27)20-29-17-21-11-5-2-6-12-21/h2-16,24-27H,17-20H2,1H3/t24-,25-,26+,27-/m1/s1. The summed E-state index contributed by atoms with van der Waals surface area (Å²) in [6.07, 6.45) is -1.51. The molecule has 4 atom stereocenters. The van der Waals surface area contributed by atoms with Crippen molar-refractivity contribution in [2.45, 2.75) is 44.4 Å². The minimum absolute atomic E-state index is 0.298. The van der Waals surface area contributed by atoms with Crippen molar-refractivity contribution in [3.8, 4) is 0 Å². The predicted molar refractivity (Wildman–Crippen MR) is 122 cm³/mol. The van der Waals surface area contributed by atoms with Gasteiger partial charge >= 0.3 is 0 Å². The number of hydrogen-bond donors (Lipinski definition) is 0. The number of rotatable bonds is 11. The predicted octanol–water partition coefficient (Wildman–Crippen LogP) is 4.75. The molecular weight excluding hydrogens is 404 g/mol. The monoisotopic (exact) mass is 434 g/mol. The van der Waals surface area contributed by atoms with Crippen molar-refractivity contribution < 1.29 is 23.7 Å². The number of ether oxygens (including phenoxy) is 5. The van der Waals surface area contributed by atoms with Gasteiger partial charge in [-0.3, -0.25) is 0 Å². The van der Waals surface area contributed by atoms with Crippen LogP contribution in [0.5, 0.6) is 0 Å². The van der Waals surface area contributed by atoms with Crippen LogP contribution < -0.4 is 0 Å². The largest absolute Gasteiger partial charge is 0.374 e. The Balaban J connectivity index is 1.42. The highest BCUT2D eigenvalue weighted by Crippen LogP contribution is 2.29. The van der Waals surface area contributed by atoms with E-state index >= 15 is 0 Å². The number of benzene rings is 3. The maximum absolute atomic E-state index is 6.33. The molecule has 0 spiro atoms.